The molecule has 0 saturated carbocycles. The number of likely N-dealkylation sites (tertiary alicyclic amines) is 1. The van der Waals surface area contributed by atoms with Crippen molar-refractivity contribution < 1.29 is 9.53 Å². The highest BCUT2D eigenvalue weighted by Gasteiger charge is 2.20. The highest BCUT2D eigenvalue weighted by molar-refractivity contribution is 7.80. The number of amides is 1. The minimum atomic E-state index is 0.124. The van der Waals surface area contributed by atoms with Crippen LogP contribution in [0.2, 0.25) is 0 Å². The van der Waals surface area contributed by atoms with E-state index >= 15 is 0 Å². The van der Waals surface area contributed by atoms with Gasteiger partial charge in [-0.3, -0.25) is 4.79 Å². The Balaban J connectivity index is 1.57. The number of benzene rings is 2. The predicted molar refractivity (Wildman–Crippen MR) is 116 cm³/mol. The molecule has 0 aliphatic carbocycles. The summed E-state index contributed by atoms with van der Waals surface area (Å²) in [7, 11) is 0. The van der Waals surface area contributed by atoms with Gasteiger partial charge in [0, 0.05) is 37.8 Å². The van der Waals surface area contributed by atoms with Gasteiger partial charge in [0.05, 0.1) is 6.10 Å². The second-order valence-electron chi connectivity index (χ2n) is 7.19. The summed E-state index contributed by atoms with van der Waals surface area (Å²) in [6, 6.07) is 15.9. The molecule has 3 rings (SSSR count). The normalized spacial score (nSPS) is 13.7. The lowest BCUT2D eigenvalue weighted by atomic mass is 10.1. The molecule has 2 aromatic rings. The molecule has 1 aliphatic rings. The van der Waals surface area contributed by atoms with Crippen LogP contribution in [-0.4, -0.2) is 28.6 Å². The molecule has 28 heavy (non-hydrogen) atoms. The minimum Gasteiger partial charge on any atom is -0.491 e. The van der Waals surface area contributed by atoms with Crippen LogP contribution in [0.1, 0.15) is 37.8 Å². The molecule has 1 fully saturated rings. The molecule has 2 aromatic carbocycles. The van der Waals surface area contributed by atoms with Crippen LogP contribution in [0, 0.1) is 0 Å². The van der Waals surface area contributed by atoms with Gasteiger partial charge < -0.3 is 20.3 Å². The van der Waals surface area contributed by atoms with E-state index in [1.165, 1.54) is 0 Å². The van der Waals surface area contributed by atoms with Crippen molar-refractivity contribution in [1.82, 2.24) is 10.2 Å². The third-order valence-electron chi connectivity index (χ3n) is 4.55. The van der Waals surface area contributed by atoms with E-state index in [1.807, 2.05) is 55.1 Å². The van der Waals surface area contributed by atoms with E-state index < -0.39 is 0 Å². The number of hydrogen-bond acceptors (Lipinski definition) is 3. The largest absolute Gasteiger partial charge is 0.491 e. The average molecular weight is 398 g/mol. The van der Waals surface area contributed by atoms with E-state index in [2.05, 4.69) is 22.8 Å². The van der Waals surface area contributed by atoms with Crippen molar-refractivity contribution in [1.29, 1.82) is 0 Å². The summed E-state index contributed by atoms with van der Waals surface area (Å²) >= 11 is 5.44. The Labute approximate surface area is 172 Å². The van der Waals surface area contributed by atoms with Gasteiger partial charge in [-0.25, -0.2) is 0 Å². The Morgan fingerprint density at radius 3 is 2.68 bits per heavy atom. The van der Waals surface area contributed by atoms with Crippen LogP contribution in [0.25, 0.3) is 0 Å². The Morgan fingerprint density at radius 2 is 1.96 bits per heavy atom. The van der Waals surface area contributed by atoms with Crippen LogP contribution in [0.15, 0.2) is 48.5 Å². The minimum absolute atomic E-state index is 0.124. The van der Waals surface area contributed by atoms with Crippen molar-refractivity contribution in [3.8, 4) is 5.75 Å². The van der Waals surface area contributed by atoms with E-state index in [1.54, 1.807) is 0 Å². The molecule has 0 spiro atoms. The van der Waals surface area contributed by atoms with Gasteiger partial charge in [-0.2, -0.15) is 0 Å². The first-order chi connectivity index (χ1) is 13.5. The fourth-order valence-electron chi connectivity index (χ4n) is 3.23. The first kappa shape index (κ1) is 20.1. The summed E-state index contributed by atoms with van der Waals surface area (Å²) in [5.41, 5.74) is 3.18. The van der Waals surface area contributed by atoms with Gasteiger partial charge in [0.15, 0.2) is 5.11 Å². The van der Waals surface area contributed by atoms with Crippen molar-refractivity contribution in [3.63, 3.8) is 0 Å². The molecule has 148 valence electrons. The summed E-state index contributed by atoms with van der Waals surface area (Å²) in [5.74, 6) is 1.05. The topological polar surface area (TPSA) is 53.6 Å². The van der Waals surface area contributed by atoms with Gasteiger partial charge in [0.2, 0.25) is 5.91 Å². The number of thiocarbonyl (C=S) groups is 1. The molecule has 0 radical (unpaired) electrons. The zero-order chi connectivity index (χ0) is 19.9. The third-order valence-corrected chi connectivity index (χ3v) is 4.80. The number of ether oxygens (including phenoxy) is 1. The standard InChI is InChI=1S/C22H27N3O2S/c1-16(2)27-20-10-5-9-19(13-20)24-22(28)23-14-17-7-3-4-8-18(17)15-25-12-6-11-21(25)26/h3-5,7-10,13,16H,6,11-12,14-15H2,1-2H3,(H2,23,24,28). The van der Waals surface area contributed by atoms with E-state index in [0.29, 0.717) is 24.6 Å². The van der Waals surface area contributed by atoms with Crippen LogP contribution < -0.4 is 15.4 Å². The highest BCUT2D eigenvalue weighted by Crippen LogP contribution is 2.19. The van der Waals surface area contributed by atoms with E-state index in [4.69, 9.17) is 17.0 Å². The van der Waals surface area contributed by atoms with Gasteiger partial charge in [-0.15, -0.1) is 0 Å². The van der Waals surface area contributed by atoms with Gasteiger partial charge in [-0.1, -0.05) is 30.3 Å². The SMILES string of the molecule is CC(C)Oc1cccc(NC(=S)NCc2ccccc2CN2CCCC2=O)c1. The monoisotopic (exact) mass is 397 g/mol. The number of carbonyl (C=O) groups excluding carboxylic acids is 1. The van der Waals surface area contributed by atoms with E-state index in [-0.39, 0.29) is 12.0 Å². The highest BCUT2D eigenvalue weighted by atomic mass is 32.1. The Kier molecular flexibility index (Phi) is 6.87. The number of rotatable bonds is 7. The molecule has 0 atom stereocenters. The van der Waals surface area contributed by atoms with Crippen LogP contribution >= 0.6 is 12.2 Å². The molecule has 0 bridgehead atoms. The van der Waals surface area contributed by atoms with Crippen molar-refractivity contribution >= 4 is 28.9 Å². The lowest BCUT2D eigenvalue weighted by Gasteiger charge is -2.19. The van der Waals surface area contributed by atoms with Gasteiger partial charge >= 0.3 is 0 Å². The summed E-state index contributed by atoms with van der Waals surface area (Å²) in [6.07, 6.45) is 1.74. The molecule has 0 unspecified atom stereocenters. The maximum atomic E-state index is 11.9. The van der Waals surface area contributed by atoms with Gasteiger partial charge in [-0.05, 0) is 55.7 Å². The Morgan fingerprint density at radius 1 is 1.18 bits per heavy atom. The first-order valence-corrected chi connectivity index (χ1v) is 10.1. The maximum Gasteiger partial charge on any atom is 0.222 e. The van der Waals surface area contributed by atoms with Crippen molar-refractivity contribution in [3.05, 3.63) is 59.7 Å². The molecule has 6 heteroatoms. The predicted octanol–water partition coefficient (Wildman–Crippen LogP) is 4.08. The van der Waals surface area contributed by atoms with Gasteiger partial charge in [0.25, 0.3) is 0 Å². The summed E-state index contributed by atoms with van der Waals surface area (Å²) in [4.78, 5) is 13.8. The number of anilines is 1. The van der Waals surface area contributed by atoms with Crippen LogP contribution in [0.4, 0.5) is 5.69 Å². The van der Waals surface area contributed by atoms with Gasteiger partial charge in [0.1, 0.15) is 5.75 Å². The number of hydrogen-bond donors (Lipinski definition) is 2. The van der Waals surface area contributed by atoms with E-state index in [0.717, 1.165) is 35.5 Å². The van der Waals surface area contributed by atoms with Crippen molar-refractivity contribution in [2.45, 2.75) is 45.9 Å². The second-order valence-corrected chi connectivity index (χ2v) is 7.60. The third kappa shape index (κ3) is 5.70. The molecule has 1 amide bonds. The fourth-order valence-corrected chi connectivity index (χ4v) is 3.42. The molecular weight excluding hydrogens is 370 g/mol. The lowest BCUT2D eigenvalue weighted by Crippen LogP contribution is -2.29. The van der Waals surface area contributed by atoms with Crippen molar-refractivity contribution in [2.75, 3.05) is 11.9 Å². The van der Waals surface area contributed by atoms with Crippen molar-refractivity contribution in [2.24, 2.45) is 0 Å². The quantitative estimate of drug-likeness (QED) is 0.690. The zero-order valence-corrected chi connectivity index (χ0v) is 17.2. The molecular formula is C22H27N3O2S. The molecule has 5 nitrogen and oxygen atoms in total. The van der Waals surface area contributed by atoms with Crippen LogP contribution in [0.5, 0.6) is 5.75 Å². The van der Waals surface area contributed by atoms with Crippen LogP contribution in [0.3, 0.4) is 0 Å². The molecule has 1 heterocycles. The fraction of sp³-hybridized carbons (Fsp3) is 0.364. The second kappa shape index (κ2) is 9.55. The molecule has 1 saturated heterocycles. The summed E-state index contributed by atoms with van der Waals surface area (Å²) < 4.78 is 5.72. The maximum absolute atomic E-state index is 11.9. The molecule has 0 aromatic heterocycles. The Hall–Kier alpha value is -2.60. The lowest BCUT2D eigenvalue weighted by molar-refractivity contribution is -0.128. The van der Waals surface area contributed by atoms with Crippen LogP contribution in [-0.2, 0) is 17.9 Å². The first-order valence-electron chi connectivity index (χ1n) is 9.67. The summed E-state index contributed by atoms with van der Waals surface area (Å²) in [5, 5.41) is 7.01. The zero-order valence-electron chi connectivity index (χ0n) is 16.4. The smallest absolute Gasteiger partial charge is 0.222 e. The van der Waals surface area contributed by atoms with E-state index in [9.17, 15) is 4.79 Å². The molecule has 2 N–H and O–H groups in total. The Bertz CT molecular complexity index is 838. The number of nitrogens with zero attached hydrogens (tertiary/aromatic N) is 1. The summed E-state index contributed by atoms with van der Waals surface area (Å²) in [6.45, 7) is 6.10. The number of carbonyl (C=O) groups is 1. The average Bonchev–Trinajstić information content (AvgIpc) is 3.05. The number of nitrogens with one attached hydrogen (secondary N) is 2. The molecule has 1 aliphatic heterocycles.